The summed E-state index contributed by atoms with van der Waals surface area (Å²) in [5.41, 5.74) is 8.94. The van der Waals surface area contributed by atoms with Gasteiger partial charge in [-0.3, -0.25) is 19.7 Å². The average molecular weight is 367 g/mol. The normalized spacial score (nSPS) is 19.3. The molecule has 1 atom stereocenters. The van der Waals surface area contributed by atoms with Gasteiger partial charge in [0.05, 0.1) is 0 Å². The van der Waals surface area contributed by atoms with Crippen molar-refractivity contribution in [1.29, 1.82) is 0 Å². The molecule has 3 N–H and O–H groups in total. The number of piperidine rings is 1. The van der Waals surface area contributed by atoms with E-state index in [1.54, 1.807) is 18.2 Å². The lowest BCUT2D eigenvalue weighted by molar-refractivity contribution is -0.136. The van der Waals surface area contributed by atoms with Gasteiger partial charge in [-0.05, 0) is 52.9 Å². The van der Waals surface area contributed by atoms with Crippen molar-refractivity contribution in [1.82, 2.24) is 10.2 Å². The maximum absolute atomic E-state index is 14.0. The second-order valence-corrected chi connectivity index (χ2v) is 6.78. The van der Waals surface area contributed by atoms with Crippen LogP contribution in [0.3, 0.4) is 0 Å². The summed E-state index contributed by atoms with van der Waals surface area (Å²) in [4.78, 5) is 37.9. The molecular formula is C20H18FN3O3. The molecule has 6 nitrogen and oxygen atoms in total. The fourth-order valence-electron chi connectivity index (χ4n) is 3.78. The molecule has 0 radical (unpaired) electrons. The van der Waals surface area contributed by atoms with Crippen LogP contribution in [0.2, 0.25) is 0 Å². The van der Waals surface area contributed by atoms with Crippen molar-refractivity contribution in [2.24, 2.45) is 5.73 Å². The van der Waals surface area contributed by atoms with Gasteiger partial charge in [0.2, 0.25) is 11.8 Å². The Labute approximate surface area is 155 Å². The Morgan fingerprint density at radius 3 is 2.67 bits per heavy atom. The number of carbonyl (C=O) groups is 3. The highest BCUT2D eigenvalue weighted by Gasteiger charge is 2.39. The van der Waals surface area contributed by atoms with E-state index in [4.69, 9.17) is 5.73 Å². The number of benzene rings is 2. The second kappa shape index (κ2) is 6.59. The lowest BCUT2D eigenvalue weighted by Crippen LogP contribution is -2.52. The molecule has 2 heterocycles. The summed E-state index contributed by atoms with van der Waals surface area (Å²) in [7, 11) is 0. The van der Waals surface area contributed by atoms with Crippen LogP contribution < -0.4 is 11.1 Å². The molecule has 1 saturated heterocycles. The minimum atomic E-state index is -0.678. The highest BCUT2D eigenvalue weighted by molar-refractivity contribution is 6.06. The van der Waals surface area contributed by atoms with E-state index in [0.29, 0.717) is 23.1 Å². The third-order valence-electron chi connectivity index (χ3n) is 5.09. The fraction of sp³-hybridized carbons (Fsp3) is 0.250. The van der Waals surface area contributed by atoms with Gasteiger partial charge >= 0.3 is 0 Å². The first-order valence-corrected chi connectivity index (χ1v) is 8.74. The van der Waals surface area contributed by atoms with Crippen LogP contribution in [-0.4, -0.2) is 28.7 Å². The number of halogens is 1. The SMILES string of the molecule is NCc1cc(F)cc(-c2cccc3c2CN(C2CCC(=O)NC2=O)C3=O)c1. The van der Waals surface area contributed by atoms with Crippen molar-refractivity contribution < 1.29 is 18.8 Å². The number of hydrogen-bond donors (Lipinski definition) is 2. The first-order chi connectivity index (χ1) is 13.0. The van der Waals surface area contributed by atoms with Crippen LogP contribution >= 0.6 is 0 Å². The molecule has 138 valence electrons. The fourth-order valence-corrected chi connectivity index (χ4v) is 3.78. The Hall–Kier alpha value is -3.06. The zero-order chi connectivity index (χ0) is 19.1. The highest BCUT2D eigenvalue weighted by Crippen LogP contribution is 2.35. The third kappa shape index (κ3) is 3.00. The molecule has 4 rings (SSSR count). The second-order valence-electron chi connectivity index (χ2n) is 6.78. The van der Waals surface area contributed by atoms with Crippen LogP contribution in [0.25, 0.3) is 11.1 Å². The van der Waals surface area contributed by atoms with Gasteiger partial charge < -0.3 is 10.6 Å². The standard InChI is InChI=1S/C20H18FN3O3/c21-13-7-11(9-22)6-12(8-13)14-2-1-3-15-16(14)10-24(20(15)27)17-4-5-18(25)23-19(17)26/h1-3,6-8,17H,4-5,9-10,22H2,(H,23,25,26). The molecule has 0 aliphatic carbocycles. The molecule has 0 aromatic heterocycles. The predicted octanol–water partition coefficient (Wildman–Crippen LogP) is 1.71. The van der Waals surface area contributed by atoms with Gasteiger partial charge in [0.25, 0.3) is 5.91 Å². The monoisotopic (exact) mass is 367 g/mol. The number of carbonyl (C=O) groups excluding carboxylic acids is 3. The summed E-state index contributed by atoms with van der Waals surface area (Å²) < 4.78 is 14.0. The summed E-state index contributed by atoms with van der Waals surface area (Å²) in [6.07, 6.45) is 0.504. The van der Waals surface area contributed by atoms with E-state index >= 15 is 0 Å². The summed E-state index contributed by atoms with van der Waals surface area (Å²) in [6, 6.07) is 9.19. The Balaban J connectivity index is 1.72. The minimum Gasteiger partial charge on any atom is -0.326 e. The molecule has 0 spiro atoms. The number of rotatable bonds is 3. The lowest BCUT2D eigenvalue weighted by Gasteiger charge is -2.29. The van der Waals surface area contributed by atoms with Crippen LogP contribution in [0.15, 0.2) is 36.4 Å². The van der Waals surface area contributed by atoms with Crippen LogP contribution in [0.1, 0.15) is 34.3 Å². The van der Waals surface area contributed by atoms with Crippen molar-refractivity contribution in [3.8, 4) is 11.1 Å². The van der Waals surface area contributed by atoms with Gasteiger partial charge in [-0.2, -0.15) is 0 Å². The molecule has 7 heteroatoms. The van der Waals surface area contributed by atoms with Crippen LogP contribution in [-0.2, 0) is 22.7 Å². The van der Waals surface area contributed by atoms with Gasteiger partial charge in [-0.1, -0.05) is 12.1 Å². The zero-order valence-corrected chi connectivity index (χ0v) is 14.5. The van der Waals surface area contributed by atoms with Crippen molar-refractivity contribution in [2.45, 2.75) is 32.0 Å². The molecule has 3 amide bonds. The zero-order valence-electron chi connectivity index (χ0n) is 14.5. The number of imide groups is 1. The highest BCUT2D eigenvalue weighted by atomic mass is 19.1. The number of nitrogens with two attached hydrogens (primary N) is 1. The quantitative estimate of drug-likeness (QED) is 0.808. The van der Waals surface area contributed by atoms with Crippen molar-refractivity contribution in [2.75, 3.05) is 0 Å². The molecule has 0 saturated carbocycles. The van der Waals surface area contributed by atoms with E-state index in [9.17, 15) is 18.8 Å². The first kappa shape index (κ1) is 17.4. The van der Waals surface area contributed by atoms with Crippen LogP contribution in [0.5, 0.6) is 0 Å². The summed E-state index contributed by atoms with van der Waals surface area (Å²) in [6.45, 7) is 0.451. The number of amides is 3. The molecule has 2 aromatic carbocycles. The van der Waals surface area contributed by atoms with Gasteiger partial charge in [0, 0.05) is 25.1 Å². The van der Waals surface area contributed by atoms with Gasteiger partial charge in [-0.15, -0.1) is 0 Å². The molecule has 1 unspecified atom stereocenters. The number of nitrogens with one attached hydrogen (secondary N) is 1. The number of fused-ring (bicyclic) bond motifs is 1. The molecule has 2 aliphatic heterocycles. The third-order valence-corrected chi connectivity index (χ3v) is 5.09. The van der Waals surface area contributed by atoms with E-state index in [1.807, 2.05) is 6.07 Å². The Morgan fingerprint density at radius 1 is 1.15 bits per heavy atom. The predicted molar refractivity (Wildman–Crippen MR) is 95.8 cm³/mol. The summed E-state index contributed by atoms with van der Waals surface area (Å²) >= 11 is 0. The Bertz CT molecular complexity index is 973. The largest absolute Gasteiger partial charge is 0.326 e. The minimum absolute atomic E-state index is 0.202. The van der Waals surface area contributed by atoms with Crippen LogP contribution in [0.4, 0.5) is 4.39 Å². The Kier molecular flexibility index (Phi) is 4.24. The maximum atomic E-state index is 14.0. The lowest BCUT2D eigenvalue weighted by atomic mass is 9.95. The molecular weight excluding hydrogens is 349 g/mol. The Morgan fingerprint density at radius 2 is 1.93 bits per heavy atom. The number of nitrogens with zero attached hydrogens (tertiary/aromatic N) is 1. The first-order valence-electron chi connectivity index (χ1n) is 8.74. The average Bonchev–Trinajstić information content (AvgIpc) is 2.98. The molecule has 2 aromatic rings. The van der Waals surface area contributed by atoms with Crippen molar-refractivity contribution >= 4 is 17.7 Å². The molecule has 1 fully saturated rings. The molecule has 0 bridgehead atoms. The maximum Gasteiger partial charge on any atom is 0.255 e. The summed E-state index contributed by atoms with van der Waals surface area (Å²) in [5.74, 6) is -1.42. The van der Waals surface area contributed by atoms with Gasteiger partial charge in [-0.25, -0.2) is 4.39 Å². The van der Waals surface area contributed by atoms with E-state index in [2.05, 4.69) is 5.32 Å². The molecule has 27 heavy (non-hydrogen) atoms. The van der Waals surface area contributed by atoms with Gasteiger partial charge in [0.1, 0.15) is 11.9 Å². The van der Waals surface area contributed by atoms with E-state index in [-0.39, 0.29) is 31.3 Å². The smallest absolute Gasteiger partial charge is 0.255 e. The van der Waals surface area contributed by atoms with E-state index < -0.39 is 17.8 Å². The van der Waals surface area contributed by atoms with E-state index in [1.165, 1.54) is 17.0 Å². The van der Waals surface area contributed by atoms with Crippen LogP contribution in [0, 0.1) is 5.82 Å². The van der Waals surface area contributed by atoms with E-state index in [0.717, 1.165) is 11.1 Å². The molecule has 2 aliphatic rings. The number of hydrogen-bond acceptors (Lipinski definition) is 4. The van der Waals surface area contributed by atoms with Gasteiger partial charge in [0.15, 0.2) is 0 Å². The topological polar surface area (TPSA) is 92.5 Å². The van der Waals surface area contributed by atoms with Crippen molar-refractivity contribution in [3.63, 3.8) is 0 Å². The van der Waals surface area contributed by atoms with Crippen molar-refractivity contribution in [3.05, 3.63) is 58.9 Å². The summed E-state index contributed by atoms with van der Waals surface area (Å²) in [5, 5.41) is 2.29.